The fourth-order valence-corrected chi connectivity index (χ4v) is 2.09. The van der Waals surface area contributed by atoms with Crippen LogP contribution in [0.4, 0.5) is 0 Å². The van der Waals surface area contributed by atoms with E-state index < -0.39 is 0 Å². The van der Waals surface area contributed by atoms with Crippen LogP contribution in [0.5, 0.6) is 0 Å². The van der Waals surface area contributed by atoms with Crippen molar-refractivity contribution in [2.75, 3.05) is 0 Å². The molecule has 0 saturated carbocycles. The fourth-order valence-electron chi connectivity index (χ4n) is 1.79. The highest BCUT2D eigenvalue weighted by Crippen LogP contribution is 2.26. The fraction of sp³-hybridized carbons (Fsp3) is 0.133. The molecule has 0 spiro atoms. The predicted molar refractivity (Wildman–Crippen MR) is 75.6 cm³/mol. The van der Waals surface area contributed by atoms with Crippen molar-refractivity contribution in [3.63, 3.8) is 0 Å². The van der Waals surface area contributed by atoms with Gasteiger partial charge in [0, 0.05) is 11.5 Å². The van der Waals surface area contributed by atoms with E-state index in [0.29, 0.717) is 15.6 Å². The van der Waals surface area contributed by atoms with E-state index in [1.807, 2.05) is 37.3 Å². The molecule has 0 aromatic heterocycles. The highest BCUT2D eigenvalue weighted by molar-refractivity contribution is 6.42. The van der Waals surface area contributed by atoms with Gasteiger partial charge in [0.1, 0.15) is 0 Å². The van der Waals surface area contributed by atoms with Crippen LogP contribution in [0.2, 0.25) is 10.0 Å². The summed E-state index contributed by atoms with van der Waals surface area (Å²) in [6.45, 7) is 1.89. The molecule has 0 N–H and O–H groups in total. The van der Waals surface area contributed by atoms with Gasteiger partial charge in [0.05, 0.1) is 10.0 Å². The smallest absolute Gasteiger partial charge is 0.170 e. The Morgan fingerprint density at radius 1 is 1.00 bits per heavy atom. The zero-order chi connectivity index (χ0) is 13.1. The number of hydrogen-bond acceptors (Lipinski definition) is 1. The summed E-state index contributed by atoms with van der Waals surface area (Å²) >= 11 is 11.8. The molecule has 2 aromatic rings. The summed E-state index contributed by atoms with van der Waals surface area (Å²) in [6.07, 6.45) is 0. The van der Waals surface area contributed by atoms with Crippen molar-refractivity contribution >= 4 is 29.0 Å². The van der Waals surface area contributed by atoms with Crippen molar-refractivity contribution in [3.05, 3.63) is 69.7 Å². The Hall–Kier alpha value is -1.31. The van der Waals surface area contributed by atoms with E-state index in [2.05, 4.69) is 0 Å². The van der Waals surface area contributed by atoms with Crippen LogP contribution in [0, 0.1) is 0 Å². The molecule has 2 rings (SSSR count). The Balaban J connectivity index is 2.29. The first-order chi connectivity index (χ1) is 8.59. The largest absolute Gasteiger partial charge is 0.294 e. The molecule has 0 aliphatic carbocycles. The summed E-state index contributed by atoms with van der Waals surface area (Å²) in [5.74, 6) is -0.150. The maximum Gasteiger partial charge on any atom is 0.170 e. The average Bonchev–Trinajstić information content (AvgIpc) is 2.41. The number of halogens is 2. The number of Topliss-reactive ketones (excluding diaryl/α,β-unsaturated/α-hetero) is 1. The van der Waals surface area contributed by atoms with Crippen molar-refractivity contribution in [2.24, 2.45) is 0 Å². The van der Waals surface area contributed by atoms with Crippen molar-refractivity contribution < 1.29 is 4.79 Å². The first-order valence-electron chi connectivity index (χ1n) is 5.64. The SMILES string of the molecule is CC(C(=O)c1ccc(Cl)c(Cl)c1)c1ccccc1. The number of rotatable bonds is 3. The maximum atomic E-state index is 12.3. The topological polar surface area (TPSA) is 17.1 Å². The maximum absolute atomic E-state index is 12.3. The number of ketones is 1. The molecule has 2 aromatic carbocycles. The van der Waals surface area contributed by atoms with Gasteiger partial charge >= 0.3 is 0 Å². The third-order valence-electron chi connectivity index (χ3n) is 2.90. The van der Waals surface area contributed by atoms with E-state index in [9.17, 15) is 4.79 Å². The zero-order valence-electron chi connectivity index (χ0n) is 9.86. The minimum atomic E-state index is -0.191. The van der Waals surface area contributed by atoms with E-state index in [4.69, 9.17) is 23.2 Å². The van der Waals surface area contributed by atoms with Gasteiger partial charge in [-0.1, -0.05) is 60.5 Å². The monoisotopic (exact) mass is 278 g/mol. The highest BCUT2D eigenvalue weighted by atomic mass is 35.5. The third kappa shape index (κ3) is 2.74. The standard InChI is InChI=1S/C15H12Cl2O/c1-10(11-5-3-2-4-6-11)15(18)12-7-8-13(16)14(17)9-12/h2-10H,1H3. The highest BCUT2D eigenvalue weighted by Gasteiger charge is 2.17. The quantitative estimate of drug-likeness (QED) is 0.724. The second kappa shape index (κ2) is 5.55. The van der Waals surface area contributed by atoms with Crippen LogP contribution in [0.1, 0.15) is 28.8 Å². The molecule has 0 bridgehead atoms. The van der Waals surface area contributed by atoms with Crippen LogP contribution in [-0.2, 0) is 0 Å². The number of hydrogen-bond donors (Lipinski definition) is 0. The molecule has 1 atom stereocenters. The van der Waals surface area contributed by atoms with E-state index >= 15 is 0 Å². The number of carbonyl (C=O) groups excluding carboxylic acids is 1. The van der Waals surface area contributed by atoms with Crippen molar-refractivity contribution in [1.82, 2.24) is 0 Å². The number of benzene rings is 2. The summed E-state index contributed by atoms with van der Waals surface area (Å²) in [6, 6.07) is 14.6. The lowest BCUT2D eigenvalue weighted by Crippen LogP contribution is -2.09. The first kappa shape index (κ1) is 13.1. The van der Waals surface area contributed by atoms with Crippen molar-refractivity contribution in [3.8, 4) is 0 Å². The minimum Gasteiger partial charge on any atom is -0.294 e. The van der Waals surface area contributed by atoms with Crippen LogP contribution in [0.25, 0.3) is 0 Å². The average molecular weight is 279 g/mol. The normalized spacial score (nSPS) is 12.2. The van der Waals surface area contributed by atoms with Gasteiger partial charge in [-0.2, -0.15) is 0 Å². The molecule has 1 unspecified atom stereocenters. The summed E-state index contributed by atoms with van der Waals surface area (Å²) in [4.78, 5) is 12.3. The second-order valence-corrected chi connectivity index (χ2v) is 4.94. The van der Waals surface area contributed by atoms with Gasteiger partial charge in [-0.05, 0) is 23.8 Å². The molecule has 18 heavy (non-hydrogen) atoms. The molecule has 92 valence electrons. The van der Waals surface area contributed by atoms with Gasteiger partial charge in [-0.25, -0.2) is 0 Å². The predicted octanol–water partition coefficient (Wildman–Crippen LogP) is 4.98. The molecule has 0 radical (unpaired) electrons. The van der Waals surface area contributed by atoms with Gasteiger partial charge in [0.25, 0.3) is 0 Å². The van der Waals surface area contributed by atoms with Crippen LogP contribution in [0.3, 0.4) is 0 Å². The Morgan fingerprint density at radius 3 is 2.28 bits per heavy atom. The summed E-state index contributed by atoms with van der Waals surface area (Å²) in [7, 11) is 0. The second-order valence-electron chi connectivity index (χ2n) is 4.13. The van der Waals surface area contributed by atoms with Crippen LogP contribution < -0.4 is 0 Å². The van der Waals surface area contributed by atoms with Gasteiger partial charge in [0.15, 0.2) is 5.78 Å². The molecule has 1 nitrogen and oxygen atoms in total. The lowest BCUT2D eigenvalue weighted by atomic mass is 9.92. The van der Waals surface area contributed by atoms with Crippen molar-refractivity contribution in [2.45, 2.75) is 12.8 Å². The van der Waals surface area contributed by atoms with Gasteiger partial charge in [-0.15, -0.1) is 0 Å². The Kier molecular flexibility index (Phi) is 4.05. The summed E-state index contributed by atoms with van der Waals surface area (Å²) in [5.41, 5.74) is 1.58. The van der Waals surface area contributed by atoms with E-state index in [-0.39, 0.29) is 11.7 Å². The number of carbonyl (C=O) groups is 1. The molecule has 0 aliphatic heterocycles. The molecule has 0 heterocycles. The van der Waals surface area contributed by atoms with E-state index in [0.717, 1.165) is 5.56 Å². The third-order valence-corrected chi connectivity index (χ3v) is 3.64. The molecule has 0 aliphatic rings. The van der Waals surface area contributed by atoms with Gasteiger partial charge in [0.2, 0.25) is 0 Å². The van der Waals surface area contributed by atoms with Crippen LogP contribution >= 0.6 is 23.2 Å². The van der Waals surface area contributed by atoms with E-state index in [1.165, 1.54) is 0 Å². The molecular weight excluding hydrogens is 267 g/mol. The molecule has 0 fully saturated rings. The van der Waals surface area contributed by atoms with Gasteiger partial charge < -0.3 is 0 Å². The lowest BCUT2D eigenvalue weighted by molar-refractivity contribution is 0.0966. The Labute approximate surface area is 116 Å². The minimum absolute atomic E-state index is 0.0415. The molecular formula is C15H12Cl2O. The zero-order valence-corrected chi connectivity index (χ0v) is 11.4. The Bertz CT molecular complexity index is 564. The Morgan fingerprint density at radius 2 is 1.67 bits per heavy atom. The molecule has 3 heteroatoms. The summed E-state index contributed by atoms with van der Waals surface area (Å²) in [5, 5.41) is 0.864. The van der Waals surface area contributed by atoms with Crippen LogP contribution in [-0.4, -0.2) is 5.78 Å². The first-order valence-corrected chi connectivity index (χ1v) is 6.39. The van der Waals surface area contributed by atoms with Gasteiger partial charge in [-0.3, -0.25) is 4.79 Å². The summed E-state index contributed by atoms with van der Waals surface area (Å²) < 4.78 is 0. The molecule has 0 saturated heterocycles. The lowest BCUT2D eigenvalue weighted by Gasteiger charge is -2.11. The van der Waals surface area contributed by atoms with E-state index in [1.54, 1.807) is 18.2 Å². The van der Waals surface area contributed by atoms with Crippen LogP contribution in [0.15, 0.2) is 48.5 Å². The molecule has 0 amide bonds. The van der Waals surface area contributed by atoms with Crippen molar-refractivity contribution in [1.29, 1.82) is 0 Å².